The third-order valence-corrected chi connectivity index (χ3v) is 3.24. The van der Waals surface area contributed by atoms with Gasteiger partial charge in [-0.15, -0.1) is 0 Å². The number of aryl methyl sites for hydroxylation is 1. The minimum Gasteiger partial charge on any atom is -0.497 e. The van der Waals surface area contributed by atoms with Crippen LogP contribution in [0.25, 0.3) is 0 Å². The zero-order valence-corrected chi connectivity index (χ0v) is 12.5. The van der Waals surface area contributed by atoms with Crippen LogP contribution in [-0.4, -0.2) is 13.1 Å². The van der Waals surface area contributed by atoms with E-state index in [2.05, 4.69) is 10.6 Å². The van der Waals surface area contributed by atoms with Crippen molar-refractivity contribution in [1.29, 1.82) is 0 Å². The topological polar surface area (TPSA) is 50.4 Å². The molecule has 0 fully saturated rings. The molecule has 110 valence electrons. The molecule has 0 aliphatic heterocycles. The van der Waals surface area contributed by atoms with Gasteiger partial charge in [0.05, 0.1) is 13.2 Å². The quantitative estimate of drug-likeness (QED) is 0.895. The van der Waals surface area contributed by atoms with E-state index >= 15 is 0 Å². The first kappa shape index (κ1) is 14.9. The van der Waals surface area contributed by atoms with Crippen molar-refractivity contribution in [1.82, 2.24) is 5.32 Å². The lowest BCUT2D eigenvalue weighted by atomic mass is 10.1. The van der Waals surface area contributed by atoms with E-state index in [4.69, 9.17) is 4.74 Å². The van der Waals surface area contributed by atoms with Gasteiger partial charge < -0.3 is 15.4 Å². The predicted molar refractivity (Wildman–Crippen MR) is 84.7 cm³/mol. The minimum absolute atomic E-state index is 0.0827. The summed E-state index contributed by atoms with van der Waals surface area (Å²) in [6, 6.07) is 15.0. The maximum Gasteiger partial charge on any atom is 0.319 e. The van der Waals surface area contributed by atoms with Crippen molar-refractivity contribution in [3.63, 3.8) is 0 Å². The van der Waals surface area contributed by atoms with Crippen molar-refractivity contribution in [2.45, 2.75) is 19.9 Å². The third-order valence-electron chi connectivity index (χ3n) is 3.24. The summed E-state index contributed by atoms with van der Waals surface area (Å²) in [4.78, 5) is 12.0. The van der Waals surface area contributed by atoms with Crippen molar-refractivity contribution in [3.8, 4) is 5.75 Å². The van der Waals surface area contributed by atoms with Crippen LogP contribution in [0.5, 0.6) is 5.75 Å². The summed E-state index contributed by atoms with van der Waals surface area (Å²) in [5, 5.41) is 5.74. The van der Waals surface area contributed by atoms with Gasteiger partial charge in [-0.2, -0.15) is 0 Å². The normalized spacial score (nSPS) is 11.6. The van der Waals surface area contributed by atoms with E-state index in [1.165, 1.54) is 0 Å². The van der Waals surface area contributed by atoms with E-state index in [0.29, 0.717) is 0 Å². The first-order valence-corrected chi connectivity index (χ1v) is 6.86. The van der Waals surface area contributed by atoms with Gasteiger partial charge in [0.15, 0.2) is 0 Å². The summed E-state index contributed by atoms with van der Waals surface area (Å²) in [6.07, 6.45) is 0. The zero-order valence-electron chi connectivity index (χ0n) is 12.5. The number of rotatable bonds is 4. The summed E-state index contributed by atoms with van der Waals surface area (Å²) >= 11 is 0. The first-order valence-electron chi connectivity index (χ1n) is 6.86. The Kier molecular flexibility index (Phi) is 4.82. The summed E-state index contributed by atoms with van der Waals surface area (Å²) < 4.78 is 5.12. The lowest BCUT2D eigenvalue weighted by Crippen LogP contribution is -2.31. The Balaban J connectivity index is 1.95. The summed E-state index contributed by atoms with van der Waals surface area (Å²) in [6.45, 7) is 3.93. The molecule has 0 aliphatic carbocycles. The van der Waals surface area contributed by atoms with Crippen LogP contribution in [0.15, 0.2) is 48.5 Å². The fourth-order valence-corrected chi connectivity index (χ4v) is 2.06. The Morgan fingerprint density at radius 2 is 1.86 bits per heavy atom. The average Bonchev–Trinajstić information content (AvgIpc) is 2.47. The van der Waals surface area contributed by atoms with Crippen molar-refractivity contribution >= 4 is 11.7 Å². The number of hydrogen-bond donors (Lipinski definition) is 2. The van der Waals surface area contributed by atoms with Crippen molar-refractivity contribution in [2.24, 2.45) is 0 Å². The Bertz CT molecular complexity index is 608. The second-order valence-electron chi connectivity index (χ2n) is 4.96. The Labute approximate surface area is 125 Å². The van der Waals surface area contributed by atoms with E-state index in [1.807, 2.05) is 62.4 Å². The molecular formula is C17H20N2O2. The van der Waals surface area contributed by atoms with Crippen LogP contribution in [0, 0.1) is 6.92 Å². The van der Waals surface area contributed by atoms with Crippen LogP contribution in [0.2, 0.25) is 0 Å². The number of carbonyl (C=O) groups is 1. The largest absolute Gasteiger partial charge is 0.497 e. The van der Waals surface area contributed by atoms with Gasteiger partial charge in [-0.25, -0.2) is 4.79 Å². The van der Waals surface area contributed by atoms with Crippen LogP contribution >= 0.6 is 0 Å². The van der Waals surface area contributed by atoms with Gasteiger partial charge in [-0.3, -0.25) is 0 Å². The van der Waals surface area contributed by atoms with Crippen LogP contribution in [-0.2, 0) is 0 Å². The number of methoxy groups -OCH3 is 1. The number of anilines is 1. The minimum atomic E-state index is -0.219. The Hall–Kier alpha value is -2.49. The molecule has 2 rings (SSSR count). The molecule has 0 heterocycles. The highest BCUT2D eigenvalue weighted by atomic mass is 16.5. The molecule has 2 aromatic rings. The molecule has 0 aliphatic rings. The second kappa shape index (κ2) is 6.79. The molecule has 1 atom stereocenters. The van der Waals surface area contributed by atoms with Gasteiger partial charge in [-0.05, 0) is 49.2 Å². The molecule has 2 N–H and O–H groups in total. The van der Waals surface area contributed by atoms with Crippen LogP contribution in [0.1, 0.15) is 24.1 Å². The number of amides is 2. The molecule has 0 saturated carbocycles. The highest BCUT2D eigenvalue weighted by Gasteiger charge is 2.09. The number of urea groups is 1. The van der Waals surface area contributed by atoms with Crippen molar-refractivity contribution in [2.75, 3.05) is 12.4 Å². The lowest BCUT2D eigenvalue weighted by molar-refractivity contribution is 0.249. The van der Waals surface area contributed by atoms with E-state index in [9.17, 15) is 4.79 Å². The van der Waals surface area contributed by atoms with Gasteiger partial charge >= 0.3 is 6.03 Å². The molecule has 0 bridgehead atoms. The van der Waals surface area contributed by atoms with E-state index in [0.717, 1.165) is 22.6 Å². The molecule has 0 aromatic heterocycles. The molecule has 2 amide bonds. The van der Waals surface area contributed by atoms with Gasteiger partial charge in [0.1, 0.15) is 5.75 Å². The SMILES string of the molecule is COc1ccc(C(C)NC(=O)Nc2cccc(C)c2)cc1. The van der Waals surface area contributed by atoms with Gasteiger partial charge in [-0.1, -0.05) is 24.3 Å². The smallest absolute Gasteiger partial charge is 0.319 e. The summed E-state index contributed by atoms with van der Waals surface area (Å²) in [5.41, 5.74) is 2.92. The number of benzene rings is 2. The summed E-state index contributed by atoms with van der Waals surface area (Å²) in [7, 11) is 1.63. The highest BCUT2D eigenvalue weighted by Crippen LogP contribution is 2.17. The molecule has 2 aromatic carbocycles. The molecule has 4 nitrogen and oxygen atoms in total. The van der Waals surface area contributed by atoms with Gasteiger partial charge in [0.25, 0.3) is 0 Å². The van der Waals surface area contributed by atoms with Crippen LogP contribution in [0.3, 0.4) is 0 Å². The fraction of sp³-hybridized carbons (Fsp3) is 0.235. The first-order chi connectivity index (χ1) is 10.1. The molecule has 1 unspecified atom stereocenters. The van der Waals surface area contributed by atoms with Crippen molar-refractivity contribution < 1.29 is 9.53 Å². The Morgan fingerprint density at radius 3 is 2.48 bits per heavy atom. The zero-order chi connectivity index (χ0) is 15.2. The van der Waals surface area contributed by atoms with Crippen LogP contribution in [0.4, 0.5) is 10.5 Å². The lowest BCUT2D eigenvalue weighted by Gasteiger charge is -2.15. The summed E-state index contributed by atoms with van der Waals surface area (Å²) in [5.74, 6) is 0.801. The predicted octanol–water partition coefficient (Wildman–Crippen LogP) is 3.89. The molecule has 0 spiro atoms. The van der Waals surface area contributed by atoms with E-state index in [1.54, 1.807) is 7.11 Å². The molecule has 21 heavy (non-hydrogen) atoms. The third kappa shape index (κ3) is 4.24. The van der Waals surface area contributed by atoms with Gasteiger partial charge in [0.2, 0.25) is 0 Å². The average molecular weight is 284 g/mol. The number of ether oxygens (including phenoxy) is 1. The number of carbonyl (C=O) groups excluding carboxylic acids is 1. The molecular weight excluding hydrogens is 264 g/mol. The number of hydrogen-bond acceptors (Lipinski definition) is 2. The standard InChI is InChI=1S/C17H20N2O2/c1-12-5-4-6-15(11-12)19-17(20)18-13(2)14-7-9-16(21-3)10-8-14/h4-11,13H,1-3H3,(H2,18,19,20). The molecule has 0 radical (unpaired) electrons. The van der Waals surface area contributed by atoms with Gasteiger partial charge in [0, 0.05) is 5.69 Å². The monoisotopic (exact) mass is 284 g/mol. The second-order valence-corrected chi connectivity index (χ2v) is 4.96. The molecule has 4 heteroatoms. The van der Waals surface area contributed by atoms with E-state index in [-0.39, 0.29) is 12.1 Å². The highest BCUT2D eigenvalue weighted by molar-refractivity contribution is 5.89. The maximum absolute atomic E-state index is 12.0. The van der Waals surface area contributed by atoms with E-state index < -0.39 is 0 Å². The maximum atomic E-state index is 12.0. The van der Waals surface area contributed by atoms with Crippen molar-refractivity contribution in [3.05, 3.63) is 59.7 Å². The molecule has 0 saturated heterocycles. The number of nitrogens with one attached hydrogen (secondary N) is 2. The van der Waals surface area contributed by atoms with Crippen LogP contribution < -0.4 is 15.4 Å². The Morgan fingerprint density at radius 1 is 1.14 bits per heavy atom. The fourth-order valence-electron chi connectivity index (χ4n) is 2.06.